The van der Waals surface area contributed by atoms with E-state index in [0.29, 0.717) is 30.5 Å². The molecule has 1 N–H and O–H groups in total. The number of nitrogens with one attached hydrogen (secondary N) is 1. The SMILES string of the molecule is C#CCNCc1cc(Cl)cc(OC)c1OCCC. The standard InChI is InChI=1S/C14H18ClNO2/c1-4-6-16-10-11-8-12(15)9-13(17-3)14(11)18-7-5-2/h1,8-9,16H,5-7,10H2,2-3H3. The van der Waals surface area contributed by atoms with Crippen molar-refractivity contribution in [2.24, 2.45) is 0 Å². The summed E-state index contributed by atoms with van der Waals surface area (Å²) in [5.41, 5.74) is 0.947. The molecule has 4 heteroatoms. The van der Waals surface area contributed by atoms with E-state index in [9.17, 15) is 0 Å². The Balaban J connectivity index is 2.95. The topological polar surface area (TPSA) is 30.5 Å². The Labute approximate surface area is 113 Å². The normalized spacial score (nSPS) is 9.89. The third kappa shape index (κ3) is 4.14. The van der Waals surface area contributed by atoms with Crippen molar-refractivity contribution in [1.29, 1.82) is 0 Å². The molecule has 0 atom stereocenters. The van der Waals surface area contributed by atoms with Gasteiger partial charge in [-0.25, -0.2) is 0 Å². The predicted octanol–water partition coefficient (Wildman–Crippen LogP) is 2.86. The van der Waals surface area contributed by atoms with E-state index in [1.54, 1.807) is 13.2 Å². The van der Waals surface area contributed by atoms with E-state index >= 15 is 0 Å². The first-order valence-corrected chi connectivity index (χ1v) is 6.24. The molecule has 3 nitrogen and oxygen atoms in total. The van der Waals surface area contributed by atoms with Crippen molar-refractivity contribution >= 4 is 11.6 Å². The highest BCUT2D eigenvalue weighted by atomic mass is 35.5. The van der Waals surface area contributed by atoms with Gasteiger partial charge in [-0.2, -0.15) is 0 Å². The molecule has 1 rings (SSSR count). The van der Waals surface area contributed by atoms with Gasteiger partial charge in [-0.1, -0.05) is 24.4 Å². The molecular formula is C14H18ClNO2. The average molecular weight is 268 g/mol. The van der Waals surface area contributed by atoms with Crippen LogP contribution in [-0.4, -0.2) is 20.3 Å². The molecule has 1 aromatic carbocycles. The third-order valence-electron chi connectivity index (χ3n) is 2.31. The van der Waals surface area contributed by atoms with Gasteiger partial charge in [0.1, 0.15) is 0 Å². The largest absolute Gasteiger partial charge is 0.493 e. The fourth-order valence-electron chi connectivity index (χ4n) is 1.54. The van der Waals surface area contributed by atoms with Crippen molar-refractivity contribution in [2.75, 3.05) is 20.3 Å². The number of halogens is 1. The van der Waals surface area contributed by atoms with Crippen LogP contribution >= 0.6 is 11.6 Å². The summed E-state index contributed by atoms with van der Waals surface area (Å²) >= 11 is 6.04. The highest BCUT2D eigenvalue weighted by Gasteiger charge is 2.12. The Hall–Kier alpha value is -1.37. The molecule has 0 saturated carbocycles. The summed E-state index contributed by atoms with van der Waals surface area (Å²) in [4.78, 5) is 0. The maximum Gasteiger partial charge on any atom is 0.165 e. The summed E-state index contributed by atoms with van der Waals surface area (Å²) in [6.45, 7) is 3.79. The first kappa shape index (κ1) is 14.7. The van der Waals surface area contributed by atoms with E-state index in [0.717, 1.165) is 17.7 Å². The van der Waals surface area contributed by atoms with Gasteiger partial charge in [-0.05, 0) is 12.5 Å². The number of hydrogen-bond acceptors (Lipinski definition) is 3. The Bertz CT molecular complexity index is 427. The molecule has 0 aliphatic rings. The molecule has 1 aromatic rings. The Morgan fingerprint density at radius 2 is 2.22 bits per heavy atom. The van der Waals surface area contributed by atoms with Crippen molar-refractivity contribution in [2.45, 2.75) is 19.9 Å². The second-order valence-electron chi connectivity index (χ2n) is 3.75. The predicted molar refractivity (Wildman–Crippen MR) is 74.3 cm³/mol. The number of methoxy groups -OCH3 is 1. The lowest BCUT2D eigenvalue weighted by molar-refractivity contribution is 0.290. The van der Waals surface area contributed by atoms with Crippen molar-refractivity contribution in [1.82, 2.24) is 5.32 Å². The molecule has 0 radical (unpaired) electrons. The fraction of sp³-hybridized carbons (Fsp3) is 0.429. The van der Waals surface area contributed by atoms with Gasteiger partial charge in [0.05, 0.1) is 20.3 Å². The monoisotopic (exact) mass is 267 g/mol. The molecular weight excluding hydrogens is 250 g/mol. The minimum absolute atomic E-state index is 0.502. The zero-order valence-corrected chi connectivity index (χ0v) is 11.5. The number of hydrogen-bond donors (Lipinski definition) is 1. The summed E-state index contributed by atoms with van der Waals surface area (Å²) < 4.78 is 11.0. The Morgan fingerprint density at radius 1 is 1.44 bits per heavy atom. The van der Waals surface area contributed by atoms with Gasteiger partial charge in [0, 0.05) is 23.2 Å². The molecule has 98 valence electrons. The van der Waals surface area contributed by atoms with Crippen LogP contribution < -0.4 is 14.8 Å². The lowest BCUT2D eigenvalue weighted by Crippen LogP contribution is -2.14. The fourth-order valence-corrected chi connectivity index (χ4v) is 1.77. The summed E-state index contributed by atoms with van der Waals surface area (Å²) in [7, 11) is 1.60. The maximum absolute atomic E-state index is 6.04. The summed E-state index contributed by atoms with van der Waals surface area (Å²) in [5.74, 6) is 3.90. The first-order chi connectivity index (χ1) is 8.72. The minimum atomic E-state index is 0.502. The molecule has 0 spiro atoms. The molecule has 0 aliphatic carbocycles. The van der Waals surface area contributed by atoms with E-state index in [4.69, 9.17) is 27.5 Å². The van der Waals surface area contributed by atoms with Gasteiger partial charge in [-0.15, -0.1) is 6.42 Å². The van der Waals surface area contributed by atoms with Crippen LogP contribution in [0.4, 0.5) is 0 Å². The summed E-state index contributed by atoms with van der Waals surface area (Å²) in [5, 5.41) is 3.74. The molecule has 0 unspecified atom stereocenters. The van der Waals surface area contributed by atoms with Crippen LogP contribution in [0.1, 0.15) is 18.9 Å². The van der Waals surface area contributed by atoms with Gasteiger partial charge in [0.15, 0.2) is 11.5 Å². The van der Waals surface area contributed by atoms with Crippen LogP contribution in [0.25, 0.3) is 0 Å². The second kappa shape index (κ2) is 7.86. The van der Waals surface area contributed by atoms with Crippen LogP contribution in [-0.2, 0) is 6.54 Å². The third-order valence-corrected chi connectivity index (χ3v) is 2.53. The molecule has 0 bridgehead atoms. The highest BCUT2D eigenvalue weighted by molar-refractivity contribution is 6.30. The molecule has 0 aliphatic heterocycles. The minimum Gasteiger partial charge on any atom is -0.493 e. The van der Waals surface area contributed by atoms with Crippen LogP contribution in [0.2, 0.25) is 5.02 Å². The molecule has 0 saturated heterocycles. The van der Waals surface area contributed by atoms with E-state index < -0.39 is 0 Å². The number of terminal acetylenes is 1. The molecule has 18 heavy (non-hydrogen) atoms. The van der Waals surface area contributed by atoms with Crippen LogP contribution in [0, 0.1) is 12.3 Å². The average Bonchev–Trinajstić information content (AvgIpc) is 2.37. The zero-order valence-electron chi connectivity index (χ0n) is 10.8. The van der Waals surface area contributed by atoms with Gasteiger partial charge >= 0.3 is 0 Å². The van der Waals surface area contributed by atoms with Crippen molar-refractivity contribution in [3.05, 3.63) is 22.7 Å². The van der Waals surface area contributed by atoms with E-state index in [1.165, 1.54) is 0 Å². The van der Waals surface area contributed by atoms with Crippen molar-refractivity contribution < 1.29 is 9.47 Å². The van der Waals surface area contributed by atoms with Gasteiger partial charge < -0.3 is 14.8 Å². The van der Waals surface area contributed by atoms with Gasteiger partial charge in [0.2, 0.25) is 0 Å². The second-order valence-corrected chi connectivity index (χ2v) is 4.19. The number of ether oxygens (including phenoxy) is 2. The smallest absolute Gasteiger partial charge is 0.165 e. The quantitative estimate of drug-likeness (QED) is 0.609. The summed E-state index contributed by atoms with van der Waals surface area (Å²) in [6.07, 6.45) is 6.14. The van der Waals surface area contributed by atoms with E-state index in [2.05, 4.69) is 18.2 Å². The van der Waals surface area contributed by atoms with E-state index in [1.807, 2.05) is 6.07 Å². The first-order valence-electron chi connectivity index (χ1n) is 5.86. The van der Waals surface area contributed by atoms with Crippen LogP contribution in [0.5, 0.6) is 11.5 Å². The van der Waals surface area contributed by atoms with E-state index in [-0.39, 0.29) is 0 Å². The molecule has 0 amide bonds. The zero-order chi connectivity index (χ0) is 13.4. The lowest BCUT2D eigenvalue weighted by Gasteiger charge is -2.15. The Kier molecular flexibility index (Phi) is 6.42. The Morgan fingerprint density at radius 3 is 2.83 bits per heavy atom. The molecule has 0 fully saturated rings. The highest BCUT2D eigenvalue weighted by Crippen LogP contribution is 2.34. The number of benzene rings is 1. The summed E-state index contributed by atoms with van der Waals surface area (Å²) in [6, 6.07) is 3.61. The van der Waals surface area contributed by atoms with Crippen molar-refractivity contribution in [3.63, 3.8) is 0 Å². The lowest BCUT2D eigenvalue weighted by atomic mass is 10.2. The molecule has 0 heterocycles. The van der Waals surface area contributed by atoms with Gasteiger partial charge in [0.25, 0.3) is 0 Å². The van der Waals surface area contributed by atoms with Crippen LogP contribution in [0.15, 0.2) is 12.1 Å². The van der Waals surface area contributed by atoms with Gasteiger partial charge in [-0.3, -0.25) is 0 Å². The number of rotatable bonds is 7. The molecule has 0 aromatic heterocycles. The van der Waals surface area contributed by atoms with Crippen molar-refractivity contribution in [3.8, 4) is 23.8 Å². The van der Waals surface area contributed by atoms with Crippen LogP contribution in [0.3, 0.4) is 0 Å². The maximum atomic E-state index is 6.04.